The third-order valence-electron chi connectivity index (χ3n) is 7.29. The van der Waals surface area contributed by atoms with Gasteiger partial charge in [0, 0.05) is 17.1 Å². The van der Waals surface area contributed by atoms with Gasteiger partial charge in [0.05, 0.1) is 11.8 Å². The van der Waals surface area contributed by atoms with Gasteiger partial charge in [-0.3, -0.25) is 19.3 Å². The monoisotopic (exact) mass is 436 g/mol. The minimum atomic E-state index is -0.882. The highest BCUT2D eigenvalue weighted by molar-refractivity contribution is 6.31. The Labute approximate surface area is 186 Å². The highest BCUT2D eigenvalue weighted by Gasteiger charge is 2.62. The molecule has 2 bridgehead atoms. The van der Waals surface area contributed by atoms with E-state index < -0.39 is 6.04 Å². The fourth-order valence-corrected chi connectivity index (χ4v) is 5.95. The van der Waals surface area contributed by atoms with Crippen molar-refractivity contribution in [2.24, 2.45) is 23.7 Å². The molecule has 5 nitrogen and oxygen atoms in total. The molecule has 6 heteroatoms. The number of amides is 3. The number of hydrogen-bond acceptors (Lipinski definition) is 3. The Bertz CT molecular complexity index is 1030. The maximum Gasteiger partial charge on any atom is 0.248 e. The van der Waals surface area contributed by atoms with Crippen LogP contribution >= 0.6 is 11.6 Å². The molecule has 3 amide bonds. The van der Waals surface area contributed by atoms with E-state index in [4.69, 9.17) is 11.6 Å². The number of rotatable bonds is 5. The number of nitrogens with one attached hydrogen (secondary N) is 1. The molecule has 2 saturated carbocycles. The van der Waals surface area contributed by atoms with Gasteiger partial charge >= 0.3 is 0 Å². The summed E-state index contributed by atoms with van der Waals surface area (Å²) < 4.78 is 0. The van der Waals surface area contributed by atoms with E-state index in [-0.39, 0.29) is 41.4 Å². The molecular formula is C25H25ClN2O3. The number of halogens is 1. The van der Waals surface area contributed by atoms with Crippen molar-refractivity contribution in [1.82, 2.24) is 4.90 Å². The fraction of sp³-hybridized carbons (Fsp3) is 0.400. The number of carbonyl (C=O) groups excluding carboxylic acids is 3. The smallest absolute Gasteiger partial charge is 0.248 e. The molecule has 0 aromatic heterocycles. The lowest BCUT2D eigenvalue weighted by molar-refractivity contribution is -0.147. The second-order valence-corrected chi connectivity index (χ2v) is 9.50. The molecular weight excluding hydrogens is 412 g/mol. The zero-order chi connectivity index (χ0) is 21.7. The lowest BCUT2D eigenvalue weighted by Gasteiger charge is -2.27. The first-order valence-corrected chi connectivity index (χ1v) is 11.3. The first-order valence-electron chi connectivity index (χ1n) is 10.9. The Morgan fingerprint density at radius 2 is 1.71 bits per heavy atom. The molecule has 2 aromatic carbocycles. The van der Waals surface area contributed by atoms with Crippen molar-refractivity contribution in [3.05, 3.63) is 64.7 Å². The molecule has 3 aliphatic rings. The summed E-state index contributed by atoms with van der Waals surface area (Å²) >= 11 is 6.21. The summed E-state index contributed by atoms with van der Waals surface area (Å²) in [6, 6.07) is 13.9. The molecule has 1 heterocycles. The number of anilines is 1. The zero-order valence-electron chi connectivity index (χ0n) is 17.4. The molecule has 31 heavy (non-hydrogen) atoms. The molecule has 0 unspecified atom stereocenters. The van der Waals surface area contributed by atoms with Crippen LogP contribution in [0, 0.1) is 30.6 Å². The average Bonchev–Trinajstić information content (AvgIpc) is 3.44. The Balaban J connectivity index is 1.45. The van der Waals surface area contributed by atoms with Crippen LogP contribution in [0.5, 0.6) is 0 Å². The summed E-state index contributed by atoms with van der Waals surface area (Å²) in [5.41, 5.74) is 2.37. The van der Waals surface area contributed by atoms with Crippen molar-refractivity contribution >= 4 is 35.0 Å². The van der Waals surface area contributed by atoms with Crippen LogP contribution < -0.4 is 5.32 Å². The molecule has 1 aliphatic heterocycles. The quantitative estimate of drug-likeness (QED) is 0.713. The molecule has 1 saturated heterocycles. The van der Waals surface area contributed by atoms with Gasteiger partial charge in [-0.05, 0) is 61.3 Å². The Kier molecular flexibility index (Phi) is 5.09. The summed E-state index contributed by atoms with van der Waals surface area (Å²) in [6.07, 6.45) is 3.28. The van der Waals surface area contributed by atoms with E-state index in [0.717, 1.165) is 30.4 Å². The number of carbonyl (C=O) groups is 3. The largest absolute Gasteiger partial charge is 0.324 e. The van der Waals surface area contributed by atoms with E-state index in [1.165, 1.54) is 4.90 Å². The third kappa shape index (κ3) is 3.45. The summed E-state index contributed by atoms with van der Waals surface area (Å²) in [5.74, 6) is -0.615. The minimum Gasteiger partial charge on any atom is -0.324 e. The molecule has 0 radical (unpaired) electrons. The normalized spacial score (nSPS) is 27.5. The van der Waals surface area contributed by atoms with E-state index in [1.807, 2.05) is 43.3 Å². The van der Waals surface area contributed by atoms with Gasteiger partial charge < -0.3 is 5.32 Å². The first kappa shape index (κ1) is 20.3. The molecule has 0 spiro atoms. The predicted molar refractivity (Wildman–Crippen MR) is 118 cm³/mol. The van der Waals surface area contributed by atoms with Crippen molar-refractivity contribution in [3.8, 4) is 0 Å². The van der Waals surface area contributed by atoms with E-state index in [1.54, 1.807) is 12.1 Å². The van der Waals surface area contributed by atoms with Crippen molar-refractivity contribution in [2.75, 3.05) is 5.32 Å². The molecule has 5 atom stereocenters. The van der Waals surface area contributed by atoms with Gasteiger partial charge in [-0.25, -0.2) is 0 Å². The maximum absolute atomic E-state index is 13.4. The number of hydrogen-bond donors (Lipinski definition) is 1. The van der Waals surface area contributed by atoms with Gasteiger partial charge in [0.25, 0.3) is 0 Å². The Morgan fingerprint density at radius 1 is 1.06 bits per heavy atom. The van der Waals surface area contributed by atoms with Crippen LogP contribution in [0.25, 0.3) is 0 Å². The molecule has 2 aromatic rings. The van der Waals surface area contributed by atoms with Gasteiger partial charge in [0.15, 0.2) is 0 Å². The summed E-state index contributed by atoms with van der Waals surface area (Å²) in [4.78, 5) is 41.4. The topological polar surface area (TPSA) is 66.5 Å². The predicted octanol–water partition coefficient (Wildman–Crippen LogP) is 4.23. The molecule has 2 aliphatic carbocycles. The van der Waals surface area contributed by atoms with E-state index in [2.05, 4.69) is 5.32 Å². The fourth-order valence-electron chi connectivity index (χ4n) is 5.77. The molecule has 3 fully saturated rings. The zero-order valence-corrected chi connectivity index (χ0v) is 18.1. The van der Waals surface area contributed by atoms with E-state index in [0.29, 0.717) is 17.1 Å². The maximum atomic E-state index is 13.4. The van der Waals surface area contributed by atoms with Crippen LogP contribution in [-0.4, -0.2) is 28.7 Å². The van der Waals surface area contributed by atoms with Gasteiger partial charge in [-0.1, -0.05) is 48.0 Å². The average molecular weight is 437 g/mol. The number of benzene rings is 2. The second-order valence-electron chi connectivity index (χ2n) is 9.09. The highest BCUT2D eigenvalue weighted by atomic mass is 35.5. The summed E-state index contributed by atoms with van der Waals surface area (Å²) in [6.45, 7) is 1.89. The lowest BCUT2D eigenvalue weighted by Crippen LogP contribution is -2.49. The molecule has 160 valence electrons. The number of fused-ring (bicyclic) bond motifs is 5. The third-order valence-corrected chi connectivity index (χ3v) is 7.69. The summed E-state index contributed by atoms with van der Waals surface area (Å²) in [5, 5.41) is 3.44. The SMILES string of the molecule is Cc1ccc(NC(=O)[C@H](Cc2ccccc2)N2C(=O)[C@H]3[C@H]4CC[C@@H](C4)[C@@H]3C2=O)cc1Cl. The number of aryl methyl sites for hydroxylation is 1. The van der Waals surface area contributed by atoms with Crippen molar-refractivity contribution in [3.63, 3.8) is 0 Å². The van der Waals surface area contributed by atoms with Crippen molar-refractivity contribution < 1.29 is 14.4 Å². The number of likely N-dealkylation sites (tertiary alicyclic amines) is 1. The van der Waals surface area contributed by atoms with Crippen LogP contribution in [0.2, 0.25) is 5.02 Å². The van der Waals surface area contributed by atoms with Crippen molar-refractivity contribution in [1.29, 1.82) is 0 Å². The van der Waals surface area contributed by atoms with Crippen molar-refractivity contribution in [2.45, 2.75) is 38.6 Å². The number of nitrogens with zero attached hydrogens (tertiary/aromatic N) is 1. The standard InChI is InChI=1S/C25H25ClN2O3/c1-14-7-10-18(13-19(14)26)27-23(29)20(11-15-5-3-2-4-6-15)28-24(30)21-16-8-9-17(12-16)22(21)25(28)31/h2-7,10,13,16-17,20-22H,8-9,11-12H2,1H3,(H,27,29)/t16-,17-,20-,21-,22-/m0/s1. The van der Waals surface area contributed by atoms with Gasteiger partial charge in [-0.15, -0.1) is 0 Å². The molecule has 5 rings (SSSR count). The van der Waals surface area contributed by atoms with Gasteiger partial charge in [-0.2, -0.15) is 0 Å². The van der Waals surface area contributed by atoms with E-state index in [9.17, 15) is 14.4 Å². The van der Waals surface area contributed by atoms with Crippen LogP contribution in [0.4, 0.5) is 5.69 Å². The highest BCUT2D eigenvalue weighted by Crippen LogP contribution is 2.56. The summed E-state index contributed by atoms with van der Waals surface area (Å²) in [7, 11) is 0. The van der Waals surface area contributed by atoms with Crippen LogP contribution in [0.1, 0.15) is 30.4 Å². The van der Waals surface area contributed by atoms with Crippen LogP contribution in [0.3, 0.4) is 0 Å². The van der Waals surface area contributed by atoms with E-state index >= 15 is 0 Å². The Hall–Kier alpha value is -2.66. The molecule has 1 N–H and O–H groups in total. The second kappa shape index (κ2) is 7.79. The minimum absolute atomic E-state index is 0.166. The van der Waals surface area contributed by atoms with Crippen LogP contribution in [-0.2, 0) is 20.8 Å². The lowest BCUT2D eigenvalue weighted by atomic mass is 9.81. The van der Waals surface area contributed by atoms with Crippen LogP contribution in [0.15, 0.2) is 48.5 Å². The Morgan fingerprint density at radius 3 is 2.32 bits per heavy atom. The first-order chi connectivity index (χ1) is 14.9. The van der Waals surface area contributed by atoms with Gasteiger partial charge in [0.1, 0.15) is 6.04 Å². The van der Waals surface area contributed by atoms with Gasteiger partial charge in [0.2, 0.25) is 17.7 Å². The number of imide groups is 1.